The van der Waals surface area contributed by atoms with E-state index in [2.05, 4.69) is 4.72 Å². The van der Waals surface area contributed by atoms with Crippen molar-refractivity contribution in [3.05, 3.63) is 58.7 Å². The third-order valence-electron chi connectivity index (χ3n) is 4.69. The monoisotopic (exact) mass is 403 g/mol. The zero-order valence-electron chi connectivity index (χ0n) is 16.3. The van der Waals surface area contributed by atoms with Crippen molar-refractivity contribution in [1.82, 2.24) is 0 Å². The fourth-order valence-electron chi connectivity index (χ4n) is 3.56. The Morgan fingerprint density at radius 1 is 1.18 bits per heavy atom. The van der Waals surface area contributed by atoms with Gasteiger partial charge < -0.3 is 9.47 Å². The normalized spacial score (nSPS) is 16.8. The predicted octanol–water partition coefficient (Wildman–Crippen LogP) is 3.75. The van der Waals surface area contributed by atoms with E-state index in [-0.39, 0.29) is 28.9 Å². The number of hydrogen-bond acceptors (Lipinski definition) is 5. The molecular weight excluding hydrogens is 378 g/mol. The van der Waals surface area contributed by atoms with Crippen LogP contribution in [0.3, 0.4) is 0 Å². The van der Waals surface area contributed by atoms with Gasteiger partial charge in [-0.15, -0.1) is 0 Å². The maximum absolute atomic E-state index is 13.0. The molecule has 3 rings (SSSR count). The molecule has 1 N–H and O–H groups in total. The van der Waals surface area contributed by atoms with Gasteiger partial charge in [0, 0.05) is 6.61 Å². The molecule has 0 radical (unpaired) electrons. The molecule has 2 aromatic rings. The number of carbonyl (C=O) groups is 1. The van der Waals surface area contributed by atoms with Crippen molar-refractivity contribution in [3.63, 3.8) is 0 Å². The Balaban J connectivity index is 1.83. The largest absolute Gasteiger partial charge is 0.459 e. The number of ether oxygens (including phenoxy) is 2. The average molecular weight is 404 g/mol. The molecule has 150 valence electrons. The third kappa shape index (κ3) is 4.54. The summed E-state index contributed by atoms with van der Waals surface area (Å²) in [4.78, 5) is 12.7. The molecule has 1 aliphatic heterocycles. The Morgan fingerprint density at radius 3 is 2.50 bits per heavy atom. The molecule has 0 spiro atoms. The van der Waals surface area contributed by atoms with Gasteiger partial charge >= 0.3 is 5.97 Å². The maximum Gasteiger partial charge on any atom is 0.340 e. The molecule has 0 aliphatic carbocycles. The van der Waals surface area contributed by atoms with Gasteiger partial charge in [-0.05, 0) is 56.9 Å². The molecule has 6 nitrogen and oxygen atoms in total. The van der Waals surface area contributed by atoms with Crippen molar-refractivity contribution in [2.24, 2.45) is 0 Å². The van der Waals surface area contributed by atoms with Gasteiger partial charge in [0.05, 0.1) is 22.3 Å². The minimum atomic E-state index is -3.86. The van der Waals surface area contributed by atoms with E-state index < -0.39 is 16.0 Å². The second-order valence-corrected chi connectivity index (χ2v) is 8.73. The van der Waals surface area contributed by atoms with Crippen LogP contribution in [0.25, 0.3) is 0 Å². The van der Waals surface area contributed by atoms with Crippen LogP contribution in [0.15, 0.2) is 41.3 Å². The van der Waals surface area contributed by atoms with E-state index in [1.165, 1.54) is 0 Å². The summed E-state index contributed by atoms with van der Waals surface area (Å²) in [6.07, 6.45) is 1.71. The van der Waals surface area contributed by atoms with Crippen molar-refractivity contribution in [3.8, 4) is 0 Å². The lowest BCUT2D eigenvalue weighted by molar-refractivity contribution is 0.0162. The van der Waals surface area contributed by atoms with Gasteiger partial charge in [0.15, 0.2) is 0 Å². The molecule has 7 heteroatoms. The third-order valence-corrected chi connectivity index (χ3v) is 6.36. The molecule has 1 aliphatic rings. The Morgan fingerprint density at radius 2 is 1.86 bits per heavy atom. The number of hydrogen-bond donors (Lipinski definition) is 1. The van der Waals surface area contributed by atoms with E-state index in [9.17, 15) is 13.2 Å². The summed E-state index contributed by atoms with van der Waals surface area (Å²) in [5.74, 6) is -0.578. The summed E-state index contributed by atoms with van der Waals surface area (Å²) in [6.45, 7) is 6.28. The zero-order valence-corrected chi connectivity index (χ0v) is 17.1. The number of rotatable bonds is 6. The minimum absolute atomic E-state index is 0.0920. The predicted molar refractivity (Wildman–Crippen MR) is 107 cm³/mol. The van der Waals surface area contributed by atoms with Crippen LogP contribution in [0.2, 0.25) is 0 Å². The first-order chi connectivity index (χ1) is 13.3. The number of para-hydroxylation sites is 1. The van der Waals surface area contributed by atoms with Gasteiger partial charge in [0.1, 0.15) is 6.61 Å². The summed E-state index contributed by atoms with van der Waals surface area (Å²) >= 11 is 0. The Hall–Kier alpha value is -2.38. The van der Waals surface area contributed by atoms with E-state index in [4.69, 9.17) is 9.47 Å². The summed E-state index contributed by atoms with van der Waals surface area (Å²) in [5, 5.41) is 0. The number of carbonyl (C=O) groups excluding carboxylic acids is 1. The van der Waals surface area contributed by atoms with Crippen molar-refractivity contribution in [2.45, 2.75) is 44.6 Å². The van der Waals surface area contributed by atoms with Crippen molar-refractivity contribution >= 4 is 21.7 Å². The molecule has 1 atom stereocenters. The molecule has 1 saturated heterocycles. The molecule has 28 heavy (non-hydrogen) atoms. The Bertz CT molecular complexity index is 955. The smallest absolute Gasteiger partial charge is 0.340 e. The number of anilines is 1. The SMILES string of the molecule is Cc1cc(C)c(S(=O)(=O)Nc2ccccc2C(=O)OCC2CCCO2)c(C)c1. The van der Waals surface area contributed by atoms with Crippen molar-refractivity contribution < 1.29 is 22.7 Å². The van der Waals surface area contributed by atoms with Gasteiger partial charge in [-0.3, -0.25) is 4.72 Å². The van der Waals surface area contributed by atoms with E-state index >= 15 is 0 Å². The molecule has 1 heterocycles. The second-order valence-electron chi connectivity index (χ2n) is 7.11. The van der Waals surface area contributed by atoms with Crippen molar-refractivity contribution in [1.29, 1.82) is 0 Å². The molecule has 0 saturated carbocycles. The van der Waals surface area contributed by atoms with Crippen molar-refractivity contribution in [2.75, 3.05) is 17.9 Å². The quantitative estimate of drug-likeness (QED) is 0.743. The van der Waals surface area contributed by atoms with Gasteiger partial charge in [-0.25, -0.2) is 13.2 Å². The fraction of sp³-hybridized carbons (Fsp3) is 0.381. The van der Waals surface area contributed by atoms with Crippen LogP contribution < -0.4 is 4.72 Å². The minimum Gasteiger partial charge on any atom is -0.459 e. The van der Waals surface area contributed by atoms with Crippen LogP contribution in [0.1, 0.15) is 39.9 Å². The van der Waals surface area contributed by atoms with Gasteiger partial charge in [0.2, 0.25) is 0 Å². The van der Waals surface area contributed by atoms with Crippen LogP contribution in [0.5, 0.6) is 0 Å². The van der Waals surface area contributed by atoms with E-state index in [1.54, 1.807) is 38.1 Å². The Labute approximate surface area is 165 Å². The maximum atomic E-state index is 13.0. The summed E-state index contributed by atoms with van der Waals surface area (Å²) in [5.41, 5.74) is 2.67. The first-order valence-corrected chi connectivity index (χ1v) is 10.7. The average Bonchev–Trinajstić information content (AvgIpc) is 3.12. The number of nitrogens with one attached hydrogen (secondary N) is 1. The summed E-state index contributed by atoms with van der Waals surface area (Å²) in [6, 6.07) is 10.1. The lowest BCUT2D eigenvalue weighted by Crippen LogP contribution is -2.21. The first-order valence-electron chi connectivity index (χ1n) is 9.26. The first kappa shape index (κ1) is 20.4. The highest BCUT2D eigenvalue weighted by Crippen LogP contribution is 2.26. The highest BCUT2D eigenvalue weighted by molar-refractivity contribution is 7.92. The number of sulfonamides is 1. The summed E-state index contributed by atoms with van der Waals surface area (Å²) in [7, 11) is -3.86. The fourth-order valence-corrected chi connectivity index (χ4v) is 5.09. The highest BCUT2D eigenvalue weighted by Gasteiger charge is 2.24. The second kappa shape index (κ2) is 8.32. The molecule has 2 aromatic carbocycles. The van der Waals surface area contributed by atoms with E-state index in [1.807, 2.05) is 19.1 Å². The molecule has 1 fully saturated rings. The lowest BCUT2D eigenvalue weighted by atomic mass is 10.1. The molecule has 0 aromatic heterocycles. The number of benzene rings is 2. The van der Waals surface area contributed by atoms with Gasteiger partial charge in [-0.2, -0.15) is 0 Å². The van der Waals surface area contributed by atoms with Crippen LogP contribution in [0, 0.1) is 20.8 Å². The Kier molecular flexibility index (Phi) is 6.05. The van der Waals surface area contributed by atoms with Gasteiger partial charge in [0.25, 0.3) is 10.0 Å². The standard InChI is InChI=1S/C21H25NO5S/c1-14-11-15(2)20(16(3)12-14)28(24,25)22-19-9-5-4-8-18(19)21(23)27-13-17-7-6-10-26-17/h4-5,8-9,11-12,17,22H,6-7,10,13H2,1-3H3. The van der Waals surface area contributed by atoms with Crippen LogP contribution in [-0.2, 0) is 19.5 Å². The zero-order chi connectivity index (χ0) is 20.3. The van der Waals surface area contributed by atoms with Crippen LogP contribution in [-0.4, -0.2) is 33.7 Å². The highest BCUT2D eigenvalue weighted by atomic mass is 32.2. The molecular formula is C21H25NO5S. The topological polar surface area (TPSA) is 81.7 Å². The molecule has 1 unspecified atom stereocenters. The van der Waals surface area contributed by atoms with Crippen LogP contribution >= 0.6 is 0 Å². The molecule has 0 amide bonds. The van der Waals surface area contributed by atoms with Crippen LogP contribution in [0.4, 0.5) is 5.69 Å². The van der Waals surface area contributed by atoms with Gasteiger partial charge in [-0.1, -0.05) is 29.8 Å². The van der Waals surface area contributed by atoms with E-state index in [0.29, 0.717) is 17.7 Å². The lowest BCUT2D eigenvalue weighted by Gasteiger charge is -2.16. The number of esters is 1. The number of aryl methyl sites for hydroxylation is 3. The summed E-state index contributed by atoms with van der Waals surface area (Å²) < 4.78 is 39.4. The molecule has 0 bridgehead atoms. The van der Waals surface area contributed by atoms with E-state index in [0.717, 1.165) is 18.4 Å².